The summed E-state index contributed by atoms with van der Waals surface area (Å²) in [4.78, 5) is 0. The van der Waals surface area contributed by atoms with Gasteiger partial charge in [0.2, 0.25) is 5.89 Å². The van der Waals surface area contributed by atoms with E-state index in [4.69, 9.17) is 8.83 Å². The Kier molecular flexibility index (Phi) is 1.95. The average molecular weight is 243 g/mol. The van der Waals surface area contributed by atoms with Gasteiger partial charge in [-0.25, -0.2) is 0 Å². The summed E-state index contributed by atoms with van der Waals surface area (Å²) in [6, 6.07) is 1.86. The first-order valence-corrected chi connectivity index (χ1v) is 4.52. The average Bonchev–Trinajstić information content (AvgIpc) is 2.58. The second-order valence-corrected chi connectivity index (χ2v) is 3.47. The lowest BCUT2D eigenvalue weighted by Gasteiger charge is -1.88. The molecule has 0 spiro atoms. The van der Waals surface area contributed by atoms with Gasteiger partial charge in [0.05, 0.1) is 0 Å². The fourth-order valence-electron chi connectivity index (χ4n) is 1.04. The molecule has 2 rings (SSSR count). The highest BCUT2D eigenvalue weighted by atomic mass is 79.9. The summed E-state index contributed by atoms with van der Waals surface area (Å²) in [6.45, 7) is 3.66. The largest absolute Gasteiger partial charge is 0.444 e. The lowest BCUT2D eigenvalue weighted by atomic mass is 10.3. The van der Waals surface area contributed by atoms with Crippen LogP contribution in [-0.2, 0) is 0 Å². The van der Waals surface area contributed by atoms with Crippen molar-refractivity contribution < 1.29 is 8.83 Å². The highest BCUT2D eigenvalue weighted by Gasteiger charge is 2.14. The smallest absolute Gasteiger partial charge is 0.283 e. The fourth-order valence-corrected chi connectivity index (χ4v) is 1.55. The van der Waals surface area contributed by atoms with Crippen molar-refractivity contribution in [3.8, 4) is 11.7 Å². The zero-order chi connectivity index (χ0) is 9.42. The van der Waals surface area contributed by atoms with Crippen molar-refractivity contribution in [3.63, 3.8) is 0 Å². The van der Waals surface area contributed by atoms with Crippen LogP contribution in [0.15, 0.2) is 19.6 Å². The van der Waals surface area contributed by atoms with Crippen LogP contribution in [0.1, 0.15) is 11.5 Å². The molecule has 0 aliphatic carbocycles. The molecule has 68 valence electrons. The molecule has 0 fully saturated rings. The third-order valence-corrected chi connectivity index (χ3v) is 2.00. The molecule has 2 aromatic rings. The van der Waals surface area contributed by atoms with Gasteiger partial charge in [0.1, 0.15) is 0 Å². The summed E-state index contributed by atoms with van der Waals surface area (Å²) in [5.74, 6) is 1.56. The zero-order valence-electron chi connectivity index (χ0n) is 7.17. The van der Waals surface area contributed by atoms with E-state index in [1.54, 1.807) is 6.92 Å². The van der Waals surface area contributed by atoms with Gasteiger partial charge in [-0.2, -0.15) is 0 Å². The van der Waals surface area contributed by atoms with Crippen molar-refractivity contribution in [1.29, 1.82) is 0 Å². The summed E-state index contributed by atoms with van der Waals surface area (Å²) in [7, 11) is 0. The SMILES string of the molecule is Cc1nnc(-c2oc(Br)cc2C)o1. The number of furan rings is 1. The lowest BCUT2D eigenvalue weighted by molar-refractivity contribution is 0.487. The normalized spacial score (nSPS) is 10.7. The second kappa shape index (κ2) is 2.99. The van der Waals surface area contributed by atoms with E-state index in [-0.39, 0.29) is 0 Å². The zero-order valence-corrected chi connectivity index (χ0v) is 8.75. The minimum absolute atomic E-state index is 0.417. The van der Waals surface area contributed by atoms with E-state index in [9.17, 15) is 0 Å². The first-order chi connectivity index (χ1) is 6.16. The lowest BCUT2D eigenvalue weighted by Crippen LogP contribution is -1.76. The second-order valence-electron chi connectivity index (χ2n) is 2.69. The highest BCUT2D eigenvalue weighted by Crippen LogP contribution is 2.28. The van der Waals surface area contributed by atoms with E-state index < -0.39 is 0 Å². The molecule has 0 bridgehead atoms. The number of hydrogen-bond donors (Lipinski definition) is 0. The molecule has 0 saturated carbocycles. The van der Waals surface area contributed by atoms with Gasteiger partial charge in [0.25, 0.3) is 5.89 Å². The van der Waals surface area contributed by atoms with Crippen LogP contribution in [-0.4, -0.2) is 10.2 Å². The number of rotatable bonds is 1. The van der Waals surface area contributed by atoms with Crippen LogP contribution >= 0.6 is 15.9 Å². The summed E-state index contributed by atoms with van der Waals surface area (Å²) < 4.78 is 11.2. The molecule has 0 aromatic carbocycles. The molecule has 0 aliphatic rings. The van der Waals surface area contributed by atoms with Gasteiger partial charge >= 0.3 is 0 Å². The molecule has 0 unspecified atom stereocenters. The topological polar surface area (TPSA) is 52.1 Å². The van der Waals surface area contributed by atoms with Crippen molar-refractivity contribution in [2.24, 2.45) is 0 Å². The molecule has 2 aromatic heterocycles. The predicted octanol–water partition coefficient (Wildman–Crippen LogP) is 2.71. The molecule has 0 radical (unpaired) electrons. The molecule has 0 N–H and O–H groups in total. The van der Waals surface area contributed by atoms with Crippen LogP contribution in [0.25, 0.3) is 11.7 Å². The van der Waals surface area contributed by atoms with Crippen LogP contribution in [0.5, 0.6) is 0 Å². The van der Waals surface area contributed by atoms with Gasteiger partial charge in [-0.3, -0.25) is 0 Å². The quantitative estimate of drug-likeness (QED) is 0.772. The van der Waals surface area contributed by atoms with E-state index >= 15 is 0 Å². The third kappa shape index (κ3) is 1.51. The van der Waals surface area contributed by atoms with Crippen LogP contribution in [0.3, 0.4) is 0 Å². The van der Waals surface area contributed by atoms with Crippen molar-refractivity contribution in [1.82, 2.24) is 10.2 Å². The summed E-state index contributed by atoms with van der Waals surface area (Å²) in [6.07, 6.45) is 0. The molecule has 5 heteroatoms. The number of nitrogens with zero attached hydrogens (tertiary/aromatic N) is 2. The Morgan fingerprint density at radius 1 is 1.23 bits per heavy atom. The molecule has 0 saturated heterocycles. The Bertz CT molecular complexity index is 433. The van der Waals surface area contributed by atoms with Gasteiger partial charge < -0.3 is 8.83 Å². The number of aryl methyl sites for hydroxylation is 2. The maximum atomic E-state index is 5.33. The van der Waals surface area contributed by atoms with Crippen LogP contribution in [0.2, 0.25) is 0 Å². The standard InChI is InChI=1S/C8H7BrN2O2/c1-4-3-6(9)13-7(4)8-11-10-5(2)12-8/h3H,1-2H3. The number of aromatic nitrogens is 2. The van der Waals surface area contributed by atoms with Crippen LogP contribution in [0, 0.1) is 13.8 Å². The highest BCUT2D eigenvalue weighted by molar-refractivity contribution is 9.10. The predicted molar refractivity (Wildman–Crippen MR) is 49.2 cm³/mol. The molecule has 4 nitrogen and oxygen atoms in total. The maximum Gasteiger partial charge on any atom is 0.283 e. The van der Waals surface area contributed by atoms with Gasteiger partial charge in [-0.1, -0.05) is 0 Å². The number of halogens is 1. The monoisotopic (exact) mass is 242 g/mol. The molecule has 0 aliphatic heterocycles. The van der Waals surface area contributed by atoms with Crippen LogP contribution < -0.4 is 0 Å². The molecule has 13 heavy (non-hydrogen) atoms. The van der Waals surface area contributed by atoms with Crippen LogP contribution in [0.4, 0.5) is 0 Å². The van der Waals surface area contributed by atoms with Gasteiger partial charge in [0.15, 0.2) is 10.4 Å². The Morgan fingerprint density at radius 2 is 2.00 bits per heavy atom. The minimum atomic E-state index is 0.417. The maximum absolute atomic E-state index is 5.33. The van der Waals surface area contributed by atoms with Gasteiger partial charge in [-0.05, 0) is 28.9 Å². The molecular weight excluding hydrogens is 236 g/mol. The molecular formula is C8H7BrN2O2. The Morgan fingerprint density at radius 3 is 2.46 bits per heavy atom. The Balaban J connectivity index is 2.51. The first kappa shape index (κ1) is 8.50. The Labute approximate surface area is 83.1 Å². The van der Waals surface area contributed by atoms with Gasteiger partial charge in [-0.15, -0.1) is 10.2 Å². The molecule has 0 amide bonds. The van der Waals surface area contributed by atoms with E-state index in [1.807, 2.05) is 13.0 Å². The third-order valence-electron chi connectivity index (χ3n) is 1.61. The molecule has 2 heterocycles. The van der Waals surface area contributed by atoms with Gasteiger partial charge in [0, 0.05) is 12.5 Å². The van der Waals surface area contributed by atoms with Crippen molar-refractivity contribution >= 4 is 15.9 Å². The first-order valence-electron chi connectivity index (χ1n) is 3.73. The summed E-state index contributed by atoms with van der Waals surface area (Å²) >= 11 is 3.23. The van der Waals surface area contributed by atoms with Crippen molar-refractivity contribution in [2.45, 2.75) is 13.8 Å². The van der Waals surface area contributed by atoms with E-state index in [2.05, 4.69) is 26.1 Å². The van der Waals surface area contributed by atoms with Crippen molar-refractivity contribution in [2.75, 3.05) is 0 Å². The summed E-state index contributed by atoms with van der Waals surface area (Å²) in [5, 5.41) is 7.58. The fraction of sp³-hybridized carbons (Fsp3) is 0.250. The molecule has 0 atom stereocenters. The summed E-state index contributed by atoms with van der Waals surface area (Å²) in [5.41, 5.74) is 0.968. The van der Waals surface area contributed by atoms with E-state index in [0.717, 1.165) is 5.56 Å². The number of hydrogen-bond acceptors (Lipinski definition) is 4. The Hall–Kier alpha value is -1.10. The minimum Gasteiger partial charge on any atom is -0.444 e. The van der Waals surface area contributed by atoms with E-state index in [1.165, 1.54) is 0 Å². The van der Waals surface area contributed by atoms with E-state index in [0.29, 0.717) is 22.2 Å². The van der Waals surface area contributed by atoms with Crippen molar-refractivity contribution in [3.05, 3.63) is 22.2 Å².